The first-order chi connectivity index (χ1) is 18.9. The number of nitriles is 1. The van der Waals surface area contributed by atoms with Crippen LogP contribution in [0.3, 0.4) is 0 Å². The Balaban J connectivity index is 1.47. The van der Waals surface area contributed by atoms with Gasteiger partial charge in [-0.1, -0.05) is 36.3 Å². The van der Waals surface area contributed by atoms with Gasteiger partial charge in [0.05, 0.1) is 28.1 Å². The number of hydrogen-bond donors (Lipinski definition) is 1. The molecule has 0 radical (unpaired) electrons. The maximum Gasteiger partial charge on any atom is 0.405 e. The average molecular weight is 596 g/mol. The molecular formula is C27H32F3N5O3S2. The Morgan fingerprint density at radius 3 is 2.45 bits per heavy atom. The fourth-order valence-electron chi connectivity index (χ4n) is 5.56. The zero-order chi connectivity index (χ0) is 28.7. The van der Waals surface area contributed by atoms with Crippen LogP contribution in [-0.2, 0) is 14.6 Å². The van der Waals surface area contributed by atoms with E-state index in [1.165, 1.54) is 18.4 Å². The second kappa shape index (κ2) is 10.9. The van der Waals surface area contributed by atoms with Crippen molar-refractivity contribution >= 4 is 37.9 Å². The van der Waals surface area contributed by atoms with E-state index in [1.54, 1.807) is 0 Å². The number of sulfone groups is 1. The molecule has 0 bridgehead atoms. The van der Waals surface area contributed by atoms with Gasteiger partial charge in [0, 0.05) is 37.7 Å². The summed E-state index contributed by atoms with van der Waals surface area (Å²) < 4.78 is 63.3. The van der Waals surface area contributed by atoms with Crippen LogP contribution in [0.4, 0.5) is 24.0 Å². The van der Waals surface area contributed by atoms with Crippen molar-refractivity contribution in [3.63, 3.8) is 0 Å². The highest BCUT2D eigenvalue weighted by molar-refractivity contribution is 7.91. The van der Waals surface area contributed by atoms with Crippen LogP contribution in [0.2, 0.25) is 0 Å². The number of hydrogen-bond acceptors (Lipinski definition) is 8. The topological polar surface area (TPSA) is 106 Å². The molecule has 3 fully saturated rings. The second-order valence-corrected chi connectivity index (χ2v) is 14.3. The summed E-state index contributed by atoms with van der Waals surface area (Å²) in [4.78, 5) is 21.9. The number of aromatic nitrogens is 1. The Kier molecular flexibility index (Phi) is 7.78. The zero-order valence-corrected chi connectivity index (χ0v) is 23.8. The standard InChI is InChI=1S/C27H32F3N5O3S2/c1-34(17-27(28,29)30)25-32-22(20-4-2-3-5-21(20)24(36)33-26(16-31)10-11-26)23(39-25)18-6-8-19(9-7-18)35-12-14-40(37,38)15-13-35/h6-9,20-21H,2-5,10-15,17H2,1H3,(H,33,36)/t20-,21-/m1/s1. The maximum absolute atomic E-state index is 13.3. The van der Waals surface area contributed by atoms with Gasteiger partial charge in [-0.2, -0.15) is 18.4 Å². The number of rotatable bonds is 7. The lowest BCUT2D eigenvalue weighted by atomic mass is 9.76. The number of halogens is 3. The van der Waals surface area contributed by atoms with Crippen molar-refractivity contribution in [2.75, 3.05) is 48.0 Å². The van der Waals surface area contributed by atoms with Gasteiger partial charge in [0.25, 0.3) is 0 Å². The highest BCUT2D eigenvalue weighted by Gasteiger charge is 2.47. The molecule has 2 aromatic rings. The normalized spacial score (nSPS) is 23.7. The molecule has 40 heavy (non-hydrogen) atoms. The van der Waals surface area contributed by atoms with Gasteiger partial charge in [-0.25, -0.2) is 13.4 Å². The van der Waals surface area contributed by atoms with Crippen molar-refractivity contribution in [2.45, 2.75) is 56.2 Å². The highest BCUT2D eigenvalue weighted by atomic mass is 32.2. The molecular weight excluding hydrogens is 563 g/mol. The third kappa shape index (κ3) is 6.38. The van der Waals surface area contributed by atoms with Gasteiger partial charge < -0.3 is 15.1 Å². The van der Waals surface area contributed by atoms with Crippen LogP contribution in [0.15, 0.2) is 24.3 Å². The summed E-state index contributed by atoms with van der Waals surface area (Å²) in [6.45, 7) is -0.332. The smallest absolute Gasteiger partial charge is 0.369 e. The lowest BCUT2D eigenvalue weighted by Crippen LogP contribution is -2.42. The molecule has 13 heteroatoms. The number of alkyl halides is 3. The van der Waals surface area contributed by atoms with E-state index in [9.17, 15) is 31.6 Å². The first-order valence-electron chi connectivity index (χ1n) is 13.5. The molecule has 1 aliphatic heterocycles. The van der Waals surface area contributed by atoms with Crippen molar-refractivity contribution in [3.05, 3.63) is 30.0 Å². The summed E-state index contributed by atoms with van der Waals surface area (Å²) >= 11 is 1.18. The minimum absolute atomic E-state index is 0.0981. The Morgan fingerprint density at radius 2 is 1.85 bits per heavy atom. The van der Waals surface area contributed by atoms with E-state index >= 15 is 0 Å². The SMILES string of the molecule is CN(CC(F)(F)F)c1nc([C@@H]2CCCC[C@H]2C(=O)NC2(C#N)CC2)c(-c2ccc(N3CCS(=O)(=O)CC3)cc2)s1. The highest BCUT2D eigenvalue weighted by Crippen LogP contribution is 2.46. The number of nitrogens with zero attached hydrogens (tertiary/aromatic N) is 4. The van der Waals surface area contributed by atoms with Crippen molar-refractivity contribution in [3.8, 4) is 16.5 Å². The zero-order valence-electron chi connectivity index (χ0n) is 22.2. The number of benzene rings is 1. The minimum atomic E-state index is -4.40. The van der Waals surface area contributed by atoms with Gasteiger partial charge in [-0.15, -0.1) is 0 Å². The number of nitrogens with one attached hydrogen (secondary N) is 1. The molecule has 8 nitrogen and oxygen atoms in total. The van der Waals surface area contributed by atoms with Crippen LogP contribution < -0.4 is 15.1 Å². The van der Waals surface area contributed by atoms with Crippen molar-refractivity contribution in [1.82, 2.24) is 10.3 Å². The van der Waals surface area contributed by atoms with E-state index in [-0.39, 0.29) is 28.5 Å². The molecule has 5 rings (SSSR count). The first-order valence-corrected chi connectivity index (χ1v) is 16.1. The number of anilines is 2. The minimum Gasteiger partial charge on any atom is -0.369 e. The molecule has 1 aromatic heterocycles. The third-order valence-corrected chi connectivity index (χ3v) is 10.8. The molecule has 216 valence electrons. The molecule has 1 aromatic carbocycles. The number of thiazole rings is 1. The van der Waals surface area contributed by atoms with Gasteiger partial charge in [-0.05, 0) is 43.4 Å². The molecule has 1 amide bonds. The third-order valence-electron chi connectivity index (χ3n) is 8.00. The lowest BCUT2D eigenvalue weighted by Gasteiger charge is -2.31. The maximum atomic E-state index is 13.3. The molecule has 1 saturated heterocycles. The fraction of sp³-hybridized carbons (Fsp3) is 0.593. The van der Waals surface area contributed by atoms with Gasteiger partial charge in [0.2, 0.25) is 5.91 Å². The average Bonchev–Trinajstić information content (AvgIpc) is 3.54. The Hall–Kier alpha value is -2.85. The van der Waals surface area contributed by atoms with Crippen LogP contribution >= 0.6 is 11.3 Å². The van der Waals surface area contributed by atoms with Crippen LogP contribution in [0.5, 0.6) is 0 Å². The van der Waals surface area contributed by atoms with E-state index < -0.39 is 34.0 Å². The summed E-state index contributed by atoms with van der Waals surface area (Å²) in [7, 11) is -1.65. The van der Waals surface area contributed by atoms with Gasteiger partial charge >= 0.3 is 6.18 Å². The van der Waals surface area contributed by atoms with Crippen LogP contribution in [-0.4, -0.2) is 69.2 Å². The predicted molar refractivity (Wildman–Crippen MR) is 148 cm³/mol. The predicted octanol–water partition coefficient (Wildman–Crippen LogP) is 4.49. The van der Waals surface area contributed by atoms with E-state index in [0.29, 0.717) is 44.5 Å². The van der Waals surface area contributed by atoms with E-state index in [1.807, 2.05) is 29.2 Å². The first kappa shape index (κ1) is 28.7. The van der Waals surface area contributed by atoms with Crippen molar-refractivity contribution < 1.29 is 26.4 Å². The summed E-state index contributed by atoms with van der Waals surface area (Å²) in [5.41, 5.74) is 1.48. The second-order valence-electron chi connectivity index (χ2n) is 11.0. The van der Waals surface area contributed by atoms with E-state index in [2.05, 4.69) is 11.4 Å². The number of amides is 1. The van der Waals surface area contributed by atoms with Gasteiger partial charge in [0.15, 0.2) is 15.0 Å². The summed E-state index contributed by atoms with van der Waals surface area (Å²) in [5.74, 6) is -0.699. The molecule has 2 heterocycles. The Labute approximate surface area is 236 Å². The van der Waals surface area contributed by atoms with Crippen LogP contribution in [0, 0.1) is 17.2 Å². The monoisotopic (exact) mass is 595 g/mol. The quantitative estimate of drug-likeness (QED) is 0.503. The number of carbonyl (C=O) groups excluding carboxylic acids is 1. The molecule has 2 atom stereocenters. The van der Waals surface area contributed by atoms with Crippen molar-refractivity contribution in [1.29, 1.82) is 5.26 Å². The fourth-order valence-corrected chi connectivity index (χ4v) is 7.87. The molecule has 1 N–H and O–H groups in total. The molecule has 2 aliphatic carbocycles. The van der Waals surface area contributed by atoms with Gasteiger partial charge in [0.1, 0.15) is 12.1 Å². The number of carbonyl (C=O) groups is 1. The Morgan fingerprint density at radius 1 is 1.20 bits per heavy atom. The van der Waals surface area contributed by atoms with Crippen LogP contribution in [0.25, 0.3) is 10.4 Å². The van der Waals surface area contributed by atoms with E-state index in [4.69, 9.17) is 4.98 Å². The lowest BCUT2D eigenvalue weighted by molar-refractivity contribution is -0.127. The Bertz CT molecular complexity index is 1380. The molecule has 0 spiro atoms. The van der Waals surface area contributed by atoms with Gasteiger partial charge in [-0.3, -0.25) is 4.79 Å². The van der Waals surface area contributed by atoms with Crippen molar-refractivity contribution in [2.24, 2.45) is 5.92 Å². The molecule has 3 aliphatic rings. The molecule has 2 saturated carbocycles. The summed E-state index contributed by atoms with van der Waals surface area (Å²) in [6, 6.07) is 9.75. The largest absolute Gasteiger partial charge is 0.405 e. The van der Waals surface area contributed by atoms with Crippen LogP contribution in [0.1, 0.15) is 50.1 Å². The van der Waals surface area contributed by atoms with E-state index in [0.717, 1.165) is 33.9 Å². The summed E-state index contributed by atoms with van der Waals surface area (Å²) in [5, 5.41) is 12.6. The molecule has 0 unspecified atom stereocenters. The summed E-state index contributed by atoms with van der Waals surface area (Å²) in [6.07, 6.45) is -0.120.